The molecule has 0 spiro atoms. The molecule has 0 aromatic carbocycles. The highest BCUT2D eigenvalue weighted by atomic mass is 16.5. The zero-order valence-electron chi connectivity index (χ0n) is 9.94. The first-order valence-electron chi connectivity index (χ1n) is 5.73. The van der Waals surface area contributed by atoms with Crippen LogP contribution in [0.5, 0.6) is 0 Å². The van der Waals surface area contributed by atoms with Gasteiger partial charge in [0.15, 0.2) is 0 Å². The highest BCUT2D eigenvalue weighted by molar-refractivity contribution is 5.85. The van der Waals surface area contributed by atoms with Gasteiger partial charge in [-0.15, -0.1) is 0 Å². The number of esters is 1. The Morgan fingerprint density at radius 2 is 2.25 bits per heavy atom. The lowest BCUT2D eigenvalue weighted by Gasteiger charge is -2.23. The van der Waals surface area contributed by atoms with Crippen LogP contribution in [0.3, 0.4) is 0 Å². The normalized spacial score (nSPS) is 21.9. The van der Waals surface area contributed by atoms with Crippen LogP contribution >= 0.6 is 0 Å². The van der Waals surface area contributed by atoms with Crippen LogP contribution in [-0.2, 0) is 14.3 Å². The summed E-state index contributed by atoms with van der Waals surface area (Å²) in [6, 6.07) is -0.520. The van der Waals surface area contributed by atoms with Gasteiger partial charge in [0, 0.05) is 19.0 Å². The zero-order valence-corrected chi connectivity index (χ0v) is 9.94. The van der Waals surface area contributed by atoms with E-state index in [2.05, 4.69) is 4.74 Å². The van der Waals surface area contributed by atoms with Crippen LogP contribution in [0.15, 0.2) is 0 Å². The van der Waals surface area contributed by atoms with Crippen molar-refractivity contribution < 1.29 is 14.3 Å². The van der Waals surface area contributed by atoms with E-state index >= 15 is 0 Å². The lowest BCUT2D eigenvalue weighted by molar-refractivity contribution is -0.151. The second kappa shape index (κ2) is 5.84. The number of ether oxygens (including phenoxy) is 1. The first kappa shape index (κ1) is 13.0. The molecule has 1 heterocycles. The molecule has 16 heavy (non-hydrogen) atoms. The van der Waals surface area contributed by atoms with Gasteiger partial charge in [-0.05, 0) is 19.3 Å². The van der Waals surface area contributed by atoms with Gasteiger partial charge in [-0.25, -0.2) is 4.79 Å². The third kappa shape index (κ3) is 2.95. The number of carbonyl (C=O) groups is 2. The highest BCUT2D eigenvalue weighted by Crippen LogP contribution is 2.19. The van der Waals surface area contributed by atoms with Crippen molar-refractivity contribution in [2.45, 2.75) is 44.7 Å². The van der Waals surface area contributed by atoms with Crippen molar-refractivity contribution in [3.63, 3.8) is 0 Å². The van der Waals surface area contributed by atoms with Crippen molar-refractivity contribution in [1.82, 2.24) is 4.90 Å². The highest BCUT2D eigenvalue weighted by Gasteiger charge is 2.34. The minimum atomic E-state index is -0.401. The maximum Gasteiger partial charge on any atom is 0.328 e. The summed E-state index contributed by atoms with van der Waals surface area (Å²) >= 11 is 0. The first-order valence-corrected chi connectivity index (χ1v) is 5.73. The third-order valence-corrected chi connectivity index (χ3v) is 3.01. The summed E-state index contributed by atoms with van der Waals surface area (Å²) in [5, 5.41) is 0. The molecule has 0 radical (unpaired) electrons. The van der Waals surface area contributed by atoms with E-state index in [0.717, 1.165) is 12.8 Å². The van der Waals surface area contributed by atoms with Crippen LogP contribution in [0.25, 0.3) is 0 Å². The summed E-state index contributed by atoms with van der Waals surface area (Å²) in [6.45, 7) is 2.58. The van der Waals surface area contributed by atoms with Crippen LogP contribution in [0.1, 0.15) is 32.6 Å². The van der Waals surface area contributed by atoms with Gasteiger partial charge in [0.2, 0.25) is 5.91 Å². The molecule has 1 aliphatic rings. The molecule has 0 aromatic rings. The predicted octanol–water partition coefficient (Wildman–Crippen LogP) is 0.278. The molecule has 5 nitrogen and oxygen atoms in total. The first-order chi connectivity index (χ1) is 7.60. The average molecular weight is 228 g/mol. The van der Waals surface area contributed by atoms with Crippen LogP contribution in [0.2, 0.25) is 0 Å². The fraction of sp³-hybridized carbons (Fsp3) is 0.818. The molecule has 0 bridgehead atoms. The summed E-state index contributed by atoms with van der Waals surface area (Å²) < 4.78 is 4.68. The van der Waals surface area contributed by atoms with Gasteiger partial charge >= 0.3 is 5.97 Å². The summed E-state index contributed by atoms with van der Waals surface area (Å²) in [4.78, 5) is 24.9. The molecule has 0 saturated carbocycles. The van der Waals surface area contributed by atoms with Crippen molar-refractivity contribution in [1.29, 1.82) is 0 Å². The van der Waals surface area contributed by atoms with Crippen LogP contribution in [-0.4, -0.2) is 42.5 Å². The van der Waals surface area contributed by atoms with Gasteiger partial charge in [-0.2, -0.15) is 0 Å². The van der Waals surface area contributed by atoms with Gasteiger partial charge in [0.25, 0.3) is 0 Å². The second-order valence-electron chi connectivity index (χ2n) is 4.14. The molecule has 2 unspecified atom stereocenters. The monoisotopic (exact) mass is 228 g/mol. The molecule has 2 atom stereocenters. The number of nitrogens with two attached hydrogens (primary N) is 1. The van der Waals surface area contributed by atoms with Gasteiger partial charge in [0.05, 0.1) is 7.11 Å². The number of hydrogen-bond donors (Lipinski definition) is 1. The fourth-order valence-corrected chi connectivity index (χ4v) is 1.93. The van der Waals surface area contributed by atoms with E-state index in [0.29, 0.717) is 19.4 Å². The summed E-state index contributed by atoms with van der Waals surface area (Å²) in [7, 11) is 1.35. The number of nitrogens with zero attached hydrogens (tertiary/aromatic N) is 1. The number of rotatable bonds is 4. The van der Waals surface area contributed by atoms with E-state index in [4.69, 9.17) is 5.73 Å². The van der Waals surface area contributed by atoms with Crippen molar-refractivity contribution in [3.05, 3.63) is 0 Å². The van der Waals surface area contributed by atoms with Crippen LogP contribution in [0.4, 0.5) is 0 Å². The molecule has 0 aromatic heterocycles. The third-order valence-electron chi connectivity index (χ3n) is 3.01. The summed E-state index contributed by atoms with van der Waals surface area (Å²) in [5.74, 6) is -0.363. The molecule has 1 aliphatic heterocycles. The minimum absolute atomic E-state index is 0.0396. The fourth-order valence-electron chi connectivity index (χ4n) is 1.93. The van der Waals surface area contributed by atoms with Crippen molar-refractivity contribution in [3.8, 4) is 0 Å². The number of hydrogen-bond acceptors (Lipinski definition) is 4. The molecule has 92 valence electrons. The molecule has 0 aliphatic carbocycles. The molecular formula is C11H20N2O3. The van der Waals surface area contributed by atoms with Crippen LogP contribution < -0.4 is 5.73 Å². The Kier molecular flexibility index (Phi) is 4.73. The largest absolute Gasteiger partial charge is 0.467 e. The van der Waals surface area contributed by atoms with Gasteiger partial charge in [-0.3, -0.25) is 4.79 Å². The minimum Gasteiger partial charge on any atom is -0.467 e. The molecule has 5 heteroatoms. The molecule has 1 saturated heterocycles. The Labute approximate surface area is 95.9 Å². The lowest BCUT2D eigenvalue weighted by Crippen LogP contribution is -2.43. The standard InChI is InChI=1S/C11H20N2O3/c1-3-8(12)7-10(14)13-6-4-5-9(13)11(15)16-2/h8-9H,3-7,12H2,1-2H3. The van der Waals surface area contributed by atoms with E-state index in [9.17, 15) is 9.59 Å². The SMILES string of the molecule is CCC(N)CC(=O)N1CCCC1C(=O)OC. The summed E-state index contributed by atoms with van der Waals surface area (Å²) in [5.41, 5.74) is 5.73. The smallest absolute Gasteiger partial charge is 0.328 e. The van der Waals surface area contributed by atoms with Gasteiger partial charge in [0.1, 0.15) is 6.04 Å². The van der Waals surface area contributed by atoms with E-state index in [1.54, 1.807) is 4.90 Å². The topological polar surface area (TPSA) is 72.6 Å². The molecule has 1 amide bonds. The van der Waals surface area contributed by atoms with E-state index < -0.39 is 6.04 Å². The van der Waals surface area contributed by atoms with Crippen molar-refractivity contribution in [2.24, 2.45) is 5.73 Å². The number of carbonyl (C=O) groups excluding carboxylic acids is 2. The zero-order chi connectivity index (χ0) is 12.1. The van der Waals surface area contributed by atoms with E-state index in [1.807, 2.05) is 6.92 Å². The van der Waals surface area contributed by atoms with Crippen molar-refractivity contribution >= 4 is 11.9 Å². The van der Waals surface area contributed by atoms with Gasteiger partial charge in [-0.1, -0.05) is 6.92 Å². The molecule has 2 N–H and O–H groups in total. The maximum absolute atomic E-state index is 11.9. The quantitative estimate of drug-likeness (QED) is 0.701. The Morgan fingerprint density at radius 3 is 2.81 bits per heavy atom. The average Bonchev–Trinajstić information content (AvgIpc) is 2.76. The van der Waals surface area contributed by atoms with Crippen molar-refractivity contribution in [2.75, 3.05) is 13.7 Å². The number of likely N-dealkylation sites (tertiary alicyclic amines) is 1. The van der Waals surface area contributed by atoms with E-state index in [-0.39, 0.29) is 17.9 Å². The Balaban J connectivity index is 2.57. The molecule has 1 fully saturated rings. The van der Waals surface area contributed by atoms with Crippen LogP contribution in [0, 0.1) is 0 Å². The number of amides is 1. The number of methoxy groups -OCH3 is 1. The lowest BCUT2D eigenvalue weighted by atomic mass is 10.1. The molecular weight excluding hydrogens is 208 g/mol. The predicted molar refractivity (Wildman–Crippen MR) is 59.6 cm³/mol. The second-order valence-corrected chi connectivity index (χ2v) is 4.14. The maximum atomic E-state index is 11.9. The Bertz CT molecular complexity index is 268. The van der Waals surface area contributed by atoms with Gasteiger partial charge < -0.3 is 15.4 Å². The Hall–Kier alpha value is -1.10. The Morgan fingerprint density at radius 1 is 1.56 bits per heavy atom. The van der Waals surface area contributed by atoms with E-state index in [1.165, 1.54) is 7.11 Å². The summed E-state index contributed by atoms with van der Waals surface area (Å²) in [6.07, 6.45) is 2.62. The molecule has 1 rings (SSSR count).